The first-order valence-corrected chi connectivity index (χ1v) is 6.24. The average molecular weight is 182 g/mol. The van der Waals surface area contributed by atoms with E-state index < -0.39 is 0 Å². The fourth-order valence-electron chi connectivity index (χ4n) is 2.41. The van der Waals surface area contributed by atoms with E-state index in [1.807, 2.05) is 0 Å². The molecule has 0 amide bonds. The highest BCUT2D eigenvalue weighted by Crippen LogP contribution is 2.33. The molecule has 0 N–H and O–H groups in total. The molecule has 0 radical (unpaired) electrons. The summed E-state index contributed by atoms with van der Waals surface area (Å²) < 4.78 is 0. The third-order valence-corrected chi connectivity index (χ3v) is 3.77. The van der Waals surface area contributed by atoms with Gasteiger partial charge in [-0.25, -0.2) is 0 Å². The molecule has 1 fully saturated rings. The predicted octanol–water partition coefficient (Wildman–Crippen LogP) is 4.64. The number of hydrogen-bond acceptors (Lipinski definition) is 0. The van der Waals surface area contributed by atoms with E-state index in [0.29, 0.717) is 0 Å². The molecule has 1 saturated carbocycles. The number of rotatable bonds is 6. The van der Waals surface area contributed by atoms with Crippen molar-refractivity contribution in [3.05, 3.63) is 0 Å². The summed E-state index contributed by atoms with van der Waals surface area (Å²) >= 11 is 0. The normalized spacial score (nSPS) is 20.3. The molecule has 1 aliphatic carbocycles. The minimum Gasteiger partial charge on any atom is -0.0654 e. The van der Waals surface area contributed by atoms with Gasteiger partial charge < -0.3 is 0 Å². The van der Waals surface area contributed by atoms with Crippen LogP contribution in [0.15, 0.2) is 0 Å². The van der Waals surface area contributed by atoms with Crippen molar-refractivity contribution in [2.45, 2.75) is 65.7 Å². The molecule has 0 nitrogen and oxygen atoms in total. The van der Waals surface area contributed by atoms with Gasteiger partial charge in [0.25, 0.3) is 0 Å². The SMILES string of the molecule is CCCC(CCC1CCC1)C(C)C. The van der Waals surface area contributed by atoms with Crippen LogP contribution < -0.4 is 0 Å². The van der Waals surface area contributed by atoms with Gasteiger partial charge in [0.15, 0.2) is 0 Å². The summed E-state index contributed by atoms with van der Waals surface area (Å²) in [5.74, 6) is 3.02. The van der Waals surface area contributed by atoms with Gasteiger partial charge in [0.2, 0.25) is 0 Å². The van der Waals surface area contributed by atoms with Crippen LogP contribution in [-0.4, -0.2) is 0 Å². The van der Waals surface area contributed by atoms with E-state index in [4.69, 9.17) is 0 Å². The highest BCUT2D eigenvalue weighted by atomic mass is 14.3. The van der Waals surface area contributed by atoms with Crippen molar-refractivity contribution in [3.8, 4) is 0 Å². The lowest BCUT2D eigenvalue weighted by atomic mass is 9.78. The van der Waals surface area contributed by atoms with E-state index in [1.165, 1.54) is 44.9 Å². The van der Waals surface area contributed by atoms with Crippen LogP contribution in [0.4, 0.5) is 0 Å². The maximum atomic E-state index is 2.39. The molecule has 0 bridgehead atoms. The van der Waals surface area contributed by atoms with Gasteiger partial charge in [-0.15, -0.1) is 0 Å². The third kappa shape index (κ3) is 3.70. The molecule has 1 atom stereocenters. The minimum atomic E-state index is 0.903. The summed E-state index contributed by atoms with van der Waals surface area (Å²) in [5.41, 5.74) is 0. The summed E-state index contributed by atoms with van der Waals surface area (Å²) in [6.07, 6.45) is 10.4. The van der Waals surface area contributed by atoms with Crippen LogP contribution in [-0.2, 0) is 0 Å². The van der Waals surface area contributed by atoms with E-state index in [1.54, 1.807) is 0 Å². The predicted molar refractivity (Wildman–Crippen MR) is 59.8 cm³/mol. The van der Waals surface area contributed by atoms with E-state index in [9.17, 15) is 0 Å². The summed E-state index contributed by atoms with van der Waals surface area (Å²) in [7, 11) is 0. The highest BCUT2D eigenvalue weighted by Gasteiger charge is 2.20. The maximum Gasteiger partial charge on any atom is -0.0391 e. The topological polar surface area (TPSA) is 0 Å². The Bertz CT molecular complexity index is 122. The first-order chi connectivity index (χ1) is 6.24. The Labute approximate surface area is 84.1 Å². The molecular formula is C13H26. The first-order valence-electron chi connectivity index (χ1n) is 6.24. The average Bonchev–Trinajstić information content (AvgIpc) is 1.99. The Kier molecular flexibility index (Phi) is 4.83. The molecule has 0 heterocycles. The second-order valence-corrected chi connectivity index (χ2v) is 5.17. The third-order valence-electron chi connectivity index (χ3n) is 3.77. The van der Waals surface area contributed by atoms with Crippen molar-refractivity contribution in [3.63, 3.8) is 0 Å². The van der Waals surface area contributed by atoms with Crippen molar-refractivity contribution in [1.29, 1.82) is 0 Å². The standard InChI is InChI=1S/C13H26/c1-4-6-13(11(2)3)10-9-12-7-5-8-12/h11-13H,4-10H2,1-3H3. The van der Waals surface area contributed by atoms with Gasteiger partial charge >= 0.3 is 0 Å². The zero-order chi connectivity index (χ0) is 9.68. The molecule has 1 aliphatic rings. The Morgan fingerprint density at radius 2 is 1.85 bits per heavy atom. The first kappa shape index (κ1) is 11.1. The Hall–Kier alpha value is 0. The van der Waals surface area contributed by atoms with Crippen molar-refractivity contribution in [2.24, 2.45) is 17.8 Å². The molecule has 0 aromatic heterocycles. The molecule has 0 aromatic carbocycles. The zero-order valence-corrected chi connectivity index (χ0v) is 9.68. The van der Waals surface area contributed by atoms with Gasteiger partial charge in [0.05, 0.1) is 0 Å². The highest BCUT2D eigenvalue weighted by molar-refractivity contribution is 4.72. The molecular weight excluding hydrogens is 156 g/mol. The van der Waals surface area contributed by atoms with Crippen molar-refractivity contribution in [1.82, 2.24) is 0 Å². The summed E-state index contributed by atoms with van der Waals surface area (Å²) in [6.45, 7) is 7.10. The van der Waals surface area contributed by atoms with Crippen molar-refractivity contribution in [2.75, 3.05) is 0 Å². The molecule has 13 heavy (non-hydrogen) atoms. The molecule has 0 aromatic rings. The van der Waals surface area contributed by atoms with E-state index in [-0.39, 0.29) is 0 Å². The fraction of sp³-hybridized carbons (Fsp3) is 1.00. The number of hydrogen-bond donors (Lipinski definition) is 0. The summed E-state index contributed by atoms with van der Waals surface area (Å²) in [6, 6.07) is 0. The Morgan fingerprint density at radius 3 is 2.23 bits per heavy atom. The molecule has 0 saturated heterocycles. The van der Waals surface area contributed by atoms with E-state index >= 15 is 0 Å². The van der Waals surface area contributed by atoms with Gasteiger partial charge in [-0.1, -0.05) is 59.3 Å². The Balaban J connectivity index is 2.12. The van der Waals surface area contributed by atoms with Crippen LogP contribution in [0.3, 0.4) is 0 Å². The molecule has 0 aliphatic heterocycles. The lowest BCUT2D eigenvalue weighted by Gasteiger charge is -2.28. The lowest BCUT2D eigenvalue weighted by molar-refractivity contribution is 0.240. The van der Waals surface area contributed by atoms with E-state index in [0.717, 1.165) is 17.8 Å². The zero-order valence-electron chi connectivity index (χ0n) is 9.68. The fourth-order valence-corrected chi connectivity index (χ4v) is 2.41. The molecule has 78 valence electrons. The molecule has 1 unspecified atom stereocenters. The molecule has 0 spiro atoms. The smallest absolute Gasteiger partial charge is 0.0391 e. The van der Waals surface area contributed by atoms with Crippen LogP contribution in [0.25, 0.3) is 0 Å². The van der Waals surface area contributed by atoms with Gasteiger partial charge in [-0.3, -0.25) is 0 Å². The summed E-state index contributed by atoms with van der Waals surface area (Å²) in [4.78, 5) is 0. The van der Waals surface area contributed by atoms with Crippen LogP contribution >= 0.6 is 0 Å². The quantitative estimate of drug-likeness (QED) is 0.561. The lowest BCUT2D eigenvalue weighted by Crippen LogP contribution is -2.15. The van der Waals surface area contributed by atoms with Gasteiger partial charge in [-0.05, 0) is 24.2 Å². The van der Waals surface area contributed by atoms with Gasteiger partial charge in [0, 0.05) is 0 Å². The van der Waals surface area contributed by atoms with Crippen LogP contribution in [0.1, 0.15) is 65.7 Å². The monoisotopic (exact) mass is 182 g/mol. The van der Waals surface area contributed by atoms with E-state index in [2.05, 4.69) is 20.8 Å². The maximum absolute atomic E-state index is 2.39. The second kappa shape index (κ2) is 5.67. The van der Waals surface area contributed by atoms with Crippen molar-refractivity contribution < 1.29 is 0 Å². The Morgan fingerprint density at radius 1 is 1.15 bits per heavy atom. The van der Waals surface area contributed by atoms with Gasteiger partial charge in [-0.2, -0.15) is 0 Å². The van der Waals surface area contributed by atoms with Gasteiger partial charge in [0.1, 0.15) is 0 Å². The largest absolute Gasteiger partial charge is 0.0654 e. The van der Waals surface area contributed by atoms with Crippen molar-refractivity contribution >= 4 is 0 Å². The second-order valence-electron chi connectivity index (χ2n) is 5.17. The molecule has 1 rings (SSSR count). The van der Waals surface area contributed by atoms with Crippen LogP contribution in [0.5, 0.6) is 0 Å². The van der Waals surface area contributed by atoms with Crippen LogP contribution in [0, 0.1) is 17.8 Å². The summed E-state index contributed by atoms with van der Waals surface area (Å²) in [5, 5.41) is 0. The molecule has 0 heteroatoms. The minimum absolute atomic E-state index is 0.903. The van der Waals surface area contributed by atoms with Crippen LogP contribution in [0.2, 0.25) is 0 Å².